The van der Waals surface area contributed by atoms with E-state index in [2.05, 4.69) is 21.2 Å². The number of H-pyrrole nitrogens is 1. The van der Waals surface area contributed by atoms with E-state index in [0.29, 0.717) is 5.56 Å². The molecule has 0 aliphatic heterocycles. The summed E-state index contributed by atoms with van der Waals surface area (Å²) in [6.45, 7) is 0. The first-order valence-corrected chi connectivity index (χ1v) is 7.17. The number of hydrogen-bond acceptors (Lipinski definition) is 2. The van der Waals surface area contributed by atoms with Crippen LogP contribution in [0.4, 0.5) is 4.79 Å². The largest absolute Gasteiger partial charge is 0.360 e. The SMILES string of the molecule is O=C(NNC(=O)c1c[nH]c2ccccc12)NC1CCCC1. The van der Waals surface area contributed by atoms with Crippen molar-refractivity contribution < 1.29 is 9.59 Å². The summed E-state index contributed by atoms with van der Waals surface area (Å²) in [5.41, 5.74) is 6.22. The van der Waals surface area contributed by atoms with Crippen molar-refractivity contribution in [2.24, 2.45) is 0 Å². The summed E-state index contributed by atoms with van der Waals surface area (Å²) in [6.07, 6.45) is 5.93. The topological polar surface area (TPSA) is 86.0 Å². The molecule has 0 unspecified atom stereocenters. The van der Waals surface area contributed by atoms with Gasteiger partial charge >= 0.3 is 6.03 Å². The molecule has 1 aliphatic rings. The van der Waals surface area contributed by atoms with Crippen molar-refractivity contribution in [1.29, 1.82) is 0 Å². The van der Waals surface area contributed by atoms with Crippen LogP contribution in [0.1, 0.15) is 36.0 Å². The Morgan fingerprint density at radius 1 is 1.10 bits per heavy atom. The smallest absolute Gasteiger partial charge is 0.333 e. The predicted octanol–water partition coefficient (Wildman–Crippen LogP) is 2.05. The number of carbonyl (C=O) groups excluding carboxylic acids is 2. The van der Waals surface area contributed by atoms with E-state index in [1.54, 1.807) is 6.20 Å². The van der Waals surface area contributed by atoms with Gasteiger partial charge in [-0.1, -0.05) is 31.0 Å². The van der Waals surface area contributed by atoms with Gasteiger partial charge in [0.2, 0.25) is 0 Å². The molecule has 3 amide bonds. The number of rotatable bonds is 2. The third-order valence-electron chi connectivity index (χ3n) is 3.81. The molecule has 1 heterocycles. The zero-order chi connectivity index (χ0) is 14.7. The van der Waals surface area contributed by atoms with Gasteiger partial charge in [-0.25, -0.2) is 10.2 Å². The van der Waals surface area contributed by atoms with Crippen molar-refractivity contribution in [2.45, 2.75) is 31.7 Å². The number of aromatic nitrogens is 1. The Labute approximate surface area is 122 Å². The van der Waals surface area contributed by atoms with Crippen molar-refractivity contribution in [3.63, 3.8) is 0 Å². The molecule has 1 aliphatic carbocycles. The number of hydrazine groups is 1. The zero-order valence-corrected chi connectivity index (χ0v) is 11.6. The Morgan fingerprint density at radius 3 is 2.67 bits per heavy atom. The quantitative estimate of drug-likeness (QED) is 0.637. The molecular formula is C15H18N4O2. The highest BCUT2D eigenvalue weighted by Crippen LogP contribution is 2.18. The summed E-state index contributed by atoms with van der Waals surface area (Å²) in [7, 11) is 0. The van der Waals surface area contributed by atoms with Crippen LogP contribution in [0, 0.1) is 0 Å². The van der Waals surface area contributed by atoms with E-state index < -0.39 is 0 Å². The molecule has 21 heavy (non-hydrogen) atoms. The van der Waals surface area contributed by atoms with Crippen LogP contribution in [0.25, 0.3) is 10.9 Å². The van der Waals surface area contributed by atoms with Crippen molar-refractivity contribution in [3.05, 3.63) is 36.0 Å². The molecule has 2 aromatic rings. The van der Waals surface area contributed by atoms with Crippen LogP contribution in [-0.2, 0) is 0 Å². The maximum absolute atomic E-state index is 12.1. The molecule has 6 heteroatoms. The predicted molar refractivity (Wildman–Crippen MR) is 79.7 cm³/mol. The van der Waals surface area contributed by atoms with Gasteiger partial charge in [0.1, 0.15) is 0 Å². The lowest BCUT2D eigenvalue weighted by molar-refractivity contribution is 0.0937. The van der Waals surface area contributed by atoms with Gasteiger partial charge in [0, 0.05) is 23.1 Å². The lowest BCUT2D eigenvalue weighted by Gasteiger charge is -2.13. The van der Waals surface area contributed by atoms with E-state index in [1.165, 1.54) is 0 Å². The van der Waals surface area contributed by atoms with Gasteiger partial charge in [-0.2, -0.15) is 0 Å². The molecule has 6 nitrogen and oxygen atoms in total. The minimum absolute atomic E-state index is 0.218. The lowest BCUT2D eigenvalue weighted by Crippen LogP contribution is -2.49. The van der Waals surface area contributed by atoms with Gasteiger partial charge < -0.3 is 10.3 Å². The van der Waals surface area contributed by atoms with Crippen LogP contribution in [-0.4, -0.2) is 23.0 Å². The monoisotopic (exact) mass is 286 g/mol. The van der Waals surface area contributed by atoms with E-state index in [1.807, 2.05) is 24.3 Å². The Morgan fingerprint density at radius 2 is 1.86 bits per heavy atom. The molecule has 0 saturated heterocycles. The number of fused-ring (bicyclic) bond motifs is 1. The van der Waals surface area contributed by atoms with Gasteiger partial charge in [-0.15, -0.1) is 0 Å². The highest BCUT2D eigenvalue weighted by molar-refractivity contribution is 6.07. The molecule has 110 valence electrons. The first-order chi connectivity index (χ1) is 10.2. The second-order valence-electron chi connectivity index (χ2n) is 5.28. The van der Waals surface area contributed by atoms with Crippen LogP contribution in [0.2, 0.25) is 0 Å². The lowest BCUT2D eigenvalue weighted by atomic mass is 10.2. The third-order valence-corrected chi connectivity index (χ3v) is 3.81. The van der Waals surface area contributed by atoms with Gasteiger partial charge in [0.25, 0.3) is 5.91 Å². The number of para-hydroxylation sites is 1. The normalized spacial score (nSPS) is 15.0. The van der Waals surface area contributed by atoms with Crippen LogP contribution < -0.4 is 16.2 Å². The number of nitrogens with one attached hydrogen (secondary N) is 4. The Kier molecular flexibility index (Phi) is 3.77. The highest BCUT2D eigenvalue weighted by atomic mass is 16.2. The van der Waals surface area contributed by atoms with E-state index >= 15 is 0 Å². The Bertz CT molecular complexity index is 658. The van der Waals surface area contributed by atoms with Gasteiger partial charge in [0.15, 0.2) is 0 Å². The second-order valence-corrected chi connectivity index (χ2v) is 5.28. The number of urea groups is 1. The van der Waals surface area contributed by atoms with E-state index in [9.17, 15) is 9.59 Å². The average molecular weight is 286 g/mol. The van der Waals surface area contributed by atoms with Gasteiger partial charge in [0.05, 0.1) is 5.56 Å². The zero-order valence-electron chi connectivity index (χ0n) is 11.6. The van der Waals surface area contributed by atoms with Crippen molar-refractivity contribution in [3.8, 4) is 0 Å². The second kappa shape index (κ2) is 5.87. The number of carbonyl (C=O) groups is 2. The third kappa shape index (κ3) is 2.99. The highest BCUT2D eigenvalue weighted by Gasteiger charge is 2.17. The number of amides is 3. The average Bonchev–Trinajstić information content (AvgIpc) is 3.13. The fourth-order valence-electron chi connectivity index (χ4n) is 2.73. The molecule has 1 fully saturated rings. The summed E-state index contributed by atoms with van der Waals surface area (Å²) in [4.78, 5) is 26.8. The fourth-order valence-corrected chi connectivity index (χ4v) is 2.73. The van der Waals surface area contributed by atoms with Gasteiger partial charge in [-0.05, 0) is 18.9 Å². The van der Waals surface area contributed by atoms with Crippen LogP contribution in [0.3, 0.4) is 0 Å². The molecule has 0 atom stereocenters. The molecule has 0 spiro atoms. The number of benzene rings is 1. The maximum Gasteiger partial charge on any atom is 0.333 e. The van der Waals surface area contributed by atoms with Gasteiger partial charge in [-0.3, -0.25) is 10.2 Å². The molecule has 1 saturated carbocycles. The minimum Gasteiger partial charge on any atom is -0.360 e. The molecule has 3 rings (SSSR count). The summed E-state index contributed by atoms with van der Waals surface area (Å²) >= 11 is 0. The van der Waals surface area contributed by atoms with Crippen molar-refractivity contribution in [1.82, 2.24) is 21.2 Å². The first kappa shape index (κ1) is 13.5. The molecular weight excluding hydrogens is 268 g/mol. The maximum atomic E-state index is 12.1. The minimum atomic E-state index is -0.366. The van der Waals surface area contributed by atoms with E-state index in [-0.39, 0.29) is 18.0 Å². The van der Waals surface area contributed by atoms with Crippen LogP contribution in [0.15, 0.2) is 30.5 Å². The van der Waals surface area contributed by atoms with Crippen LogP contribution in [0.5, 0.6) is 0 Å². The van der Waals surface area contributed by atoms with Crippen molar-refractivity contribution >= 4 is 22.8 Å². The standard InChI is InChI=1S/C15H18N4O2/c20-14(12-9-16-13-8-4-3-7-11(12)13)18-19-15(21)17-10-5-1-2-6-10/h3-4,7-10,16H,1-2,5-6H2,(H,18,20)(H2,17,19,21). The number of aromatic amines is 1. The molecule has 1 aromatic heterocycles. The summed E-state index contributed by atoms with van der Waals surface area (Å²) in [6, 6.07) is 7.37. The Hall–Kier alpha value is -2.50. The summed E-state index contributed by atoms with van der Waals surface area (Å²) in [5.74, 6) is -0.339. The molecule has 0 radical (unpaired) electrons. The molecule has 4 N–H and O–H groups in total. The van der Waals surface area contributed by atoms with Crippen LogP contribution >= 0.6 is 0 Å². The summed E-state index contributed by atoms with van der Waals surface area (Å²) in [5, 5.41) is 3.67. The molecule has 0 bridgehead atoms. The van der Waals surface area contributed by atoms with Crippen molar-refractivity contribution in [2.75, 3.05) is 0 Å². The molecule has 1 aromatic carbocycles. The summed E-state index contributed by atoms with van der Waals surface area (Å²) < 4.78 is 0. The first-order valence-electron chi connectivity index (χ1n) is 7.17. The fraction of sp³-hybridized carbons (Fsp3) is 0.333. The van der Waals surface area contributed by atoms with E-state index in [0.717, 1.165) is 36.6 Å². The number of hydrogen-bond donors (Lipinski definition) is 4. The Balaban J connectivity index is 1.57. The van der Waals surface area contributed by atoms with E-state index in [4.69, 9.17) is 0 Å².